The molecule has 0 heterocycles. The number of phosphoric acid groups is 1. The molecule has 3 atom stereocenters. The molecule has 7 nitrogen and oxygen atoms in total. The summed E-state index contributed by atoms with van der Waals surface area (Å²) in [4.78, 5) is 18.0. The van der Waals surface area contributed by atoms with Crippen LogP contribution in [0.25, 0.3) is 0 Å². The second-order valence-corrected chi connectivity index (χ2v) is 6.70. The first kappa shape index (κ1) is 22.0. The van der Waals surface area contributed by atoms with Gasteiger partial charge in [0.15, 0.2) is 0 Å². The smallest absolute Gasteiger partial charge is 0.323 e. The highest BCUT2D eigenvalue weighted by atomic mass is 31.2. The summed E-state index contributed by atoms with van der Waals surface area (Å²) in [7, 11) is -4.66. The van der Waals surface area contributed by atoms with Crippen molar-refractivity contribution in [1.82, 2.24) is 0 Å². The van der Waals surface area contributed by atoms with Crippen molar-refractivity contribution in [3.63, 3.8) is 0 Å². The zero-order chi connectivity index (χ0) is 17.4. The average molecular weight is 342 g/mol. The van der Waals surface area contributed by atoms with Crippen molar-refractivity contribution in [1.29, 1.82) is 0 Å². The van der Waals surface area contributed by atoms with Crippen LogP contribution in [0.2, 0.25) is 0 Å². The molecule has 0 rings (SSSR count). The Morgan fingerprint density at radius 3 is 1.41 bits per heavy atom. The second kappa shape index (κ2) is 9.98. The lowest BCUT2D eigenvalue weighted by molar-refractivity contribution is -0.421. The first-order valence-electron chi connectivity index (χ1n) is 7.80. The predicted octanol–water partition coefficient (Wildman–Crippen LogP) is 3.19. The summed E-state index contributed by atoms with van der Waals surface area (Å²) in [5, 5.41) is 0. The zero-order valence-electron chi connectivity index (χ0n) is 14.4. The molecule has 0 aliphatic heterocycles. The Labute approximate surface area is 133 Å². The molecule has 0 aromatic rings. The molecular formula is C14H31O7P. The van der Waals surface area contributed by atoms with Gasteiger partial charge in [0.2, 0.25) is 0 Å². The Balaban J connectivity index is 5.31. The van der Waals surface area contributed by atoms with E-state index in [0.717, 1.165) is 0 Å². The number of hydrogen-bond acceptors (Lipinski definition) is 5. The van der Waals surface area contributed by atoms with Crippen LogP contribution in [-0.2, 0) is 23.3 Å². The van der Waals surface area contributed by atoms with E-state index in [1.54, 1.807) is 0 Å². The molecule has 3 unspecified atom stereocenters. The molecular weight excluding hydrogens is 311 g/mol. The summed E-state index contributed by atoms with van der Waals surface area (Å²) in [6, 6.07) is 0. The minimum atomic E-state index is -4.66. The quantitative estimate of drug-likeness (QED) is 0.415. The largest absolute Gasteiger partial charge is 0.469 e. The van der Waals surface area contributed by atoms with Crippen molar-refractivity contribution in [2.45, 2.75) is 85.1 Å². The molecule has 0 bridgehead atoms. The molecule has 134 valence electrons. The average Bonchev–Trinajstić information content (AvgIpc) is 2.43. The van der Waals surface area contributed by atoms with Crippen molar-refractivity contribution in [2.24, 2.45) is 0 Å². The summed E-state index contributed by atoms with van der Waals surface area (Å²) in [5.74, 6) is -1.64. The number of ether oxygens (including phenoxy) is 3. The van der Waals surface area contributed by atoms with E-state index in [2.05, 4.69) is 4.52 Å². The van der Waals surface area contributed by atoms with Gasteiger partial charge >= 0.3 is 13.8 Å². The lowest BCUT2D eigenvalue weighted by Gasteiger charge is -2.38. The van der Waals surface area contributed by atoms with E-state index in [9.17, 15) is 4.57 Å². The maximum atomic E-state index is 11.0. The van der Waals surface area contributed by atoms with Crippen LogP contribution in [0.4, 0.5) is 0 Å². The molecule has 0 radical (unpaired) electrons. The van der Waals surface area contributed by atoms with Crippen LogP contribution in [0.3, 0.4) is 0 Å². The monoisotopic (exact) mass is 342 g/mol. The Morgan fingerprint density at radius 2 is 1.18 bits per heavy atom. The molecule has 0 aromatic heterocycles. The molecule has 0 saturated heterocycles. The molecule has 0 fully saturated rings. The first-order chi connectivity index (χ1) is 10.1. The topological polar surface area (TPSA) is 94.5 Å². The number of phosphoric ester groups is 1. The minimum absolute atomic E-state index is 0.214. The van der Waals surface area contributed by atoms with E-state index in [4.69, 9.17) is 24.0 Å². The van der Waals surface area contributed by atoms with Gasteiger partial charge < -0.3 is 24.0 Å². The second-order valence-electron chi connectivity index (χ2n) is 5.46. The van der Waals surface area contributed by atoms with Crippen LogP contribution in [-0.4, -0.2) is 40.7 Å². The molecule has 0 amide bonds. The van der Waals surface area contributed by atoms with E-state index in [1.807, 2.05) is 41.5 Å². The van der Waals surface area contributed by atoms with Crippen molar-refractivity contribution in [3.05, 3.63) is 0 Å². The molecule has 0 aromatic carbocycles. The molecule has 2 N–H and O–H groups in total. The van der Waals surface area contributed by atoms with Crippen molar-refractivity contribution in [3.8, 4) is 0 Å². The fourth-order valence-corrected chi connectivity index (χ4v) is 1.84. The van der Waals surface area contributed by atoms with Gasteiger partial charge in [0, 0.05) is 0 Å². The third-order valence-electron chi connectivity index (χ3n) is 3.28. The van der Waals surface area contributed by atoms with Gasteiger partial charge in [-0.3, -0.25) is 4.52 Å². The fourth-order valence-electron chi connectivity index (χ4n) is 1.52. The third kappa shape index (κ3) is 9.20. The summed E-state index contributed by atoms with van der Waals surface area (Å²) in [5.41, 5.74) is 0. The van der Waals surface area contributed by atoms with Crippen molar-refractivity contribution in [2.75, 3.05) is 6.61 Å². The molecule has 0 spiro atoms. The van der Waals surface area contributed by atoms with Gasteiger partial charge in [-0.15, -0.1) is 0 Å². The molecule has 0 aliphatic carbocycles. The van der Waals surface area contributed by atoms with Gasteiger partial charge in [-0.25, -0.2) is 4.57 Å². The van der Waals surface area contributed by atoms with Crippen LogP contribution in [0.5, 0.6) is 0 Å². The highest BCUT2D eigenvalue weighted by Crippen LogP contribution is 2.38. The van der Waals surface area contributed by atoms with E-state index >= 15 is 0 Å². The molecule has 0 saturated carbocycles. The summed E-state index contributed by atoms with van der Waals surface area (Å²) in [6.07, 6.45) is 1.46. The van der Waals surface area contributed by atoms with Crippen LogP contribution in [0.1, 0.15) is 60.8 Å². The van der Waals surface area contributed by atoms with E-state index in [0.29, 0.717) is 19.3 Å². The van der Waals surface area contributed by atoms with Gasteiger partial charge in [-0.2, -0.15) is 0 Å². The summed E-state index contributed by atoms with van der Waals surface area (Å²) < 4.78 is 33.1. The Kier molecular flexibility index (Phi) is 9.98. The summed E-state index contributed by atoms with van der Waals surface area (Å²) >= 11 is 0. The van der Waals surface area contributed by atoms with Crippen molar-refractivity contribution < 1.29 is 33.1 Å². The first-order valence-corrected chi connectivity index (χ1v) is 9.34. The van der Waals surface area contributed by atoms with E-state index in [1.165, 1.54) is 0 Å². The van der Waals surface area contributed by atoms with Gasteiger partial charge in [0.05, 0.1) is 18.3 Å². The SMILES string of the molecule is CCC(C)OC(COP(=O)(O)O)(OC(C)CC)OC(C)CC. The van der Waals surface area contributed by atoms with Crippen LogP contribution < -0.4 is 0 Å². The number of rotatable bonds is 12. The lowest BCUT2D eigenvalue weighted by atomic mass is 10.3. The van der Waals surface area contributed by atoms with E-state index in [-0.39, 0.29) is 18.3 Å². The molecule has 8 heteroatoms. The fraction of sp³-hybridized carbons (Fsp3) is 1.00. The Hall–Kier alpha value is -0.0100. The molecule has 22 heavy (non-hydrogen) atoms. The molecule has 0 aliphatic rings. The van der Waals surface area contributed by atoms with Gasteiger partial charge in [-0.05, 0) is 40.0 Å². The maximum absolute atomic E-state index is 11.0. The third-order valence-corrected chi connectivity index (χ3v) is 3.74. The van der Waals surface area contributed by atoms with E-state index < -0.39 is 20.4 Å². The lowest BCUT2D eigenvalue weighted by Crippen LogP contribution is -2.49. The van der Waals surface area contributed by atoms with Crippen LogP contribution in [0.15, 0.2) is 0 Å². The maximum Gasteiger partial charge on any atom is 0.469 e. The zero-order valence-corrected chi connectivity index (χ0v) is 15.3. The highest BCUT2D eigenvalue weighted by Gasteiger charge is 2.41. The van der Waals surface area contributed by atoms with Gasteiger partial charge in [0.1, 0.15) is 6.61 Å². The van der Waals surface area contributed by atoms with Crippen molar-refractivity contribution >= 4 is 7.82 Å². The van der Waals surface area contributed by atoms with Crippen LogP contribution in [0, 0.1) is 0 Å². The van der Waals surface area contributed by atoms with Crippen LogP contribution >= 0.6 is 7.82 Å². The normalized spacial score (nSPS) is 19.5. The Morgan fingerprint density at radius 1 is 0.864 bits per heavy atom. The Bertz CT molecular complexity index is 313. The minimum Gasteiger partial charge on any atom is -0.323 e. The predicted molar refractivity (Wildman–Crippen MR) is 83.2 cm³/mol. The highest BCUT2D eigenvalue weighted by molar-refractivity contribution is 7.46. The standard InChI is InChI=1S/C14H31O7P/c1-7-11(4)19-14(20-12(5)8-2,21-13(6)9-3)10-18-22(15,16)17/h11-13H,7-10H2,1-6H3,(H2,15,16,17). The van der Waals surface area contributed by atoms with Gasteiger partial charge in [-0.1, -0.05) is 20.8 Å². The van der Waals surface area contributed by atoms with Gasteiger partial charge in [0.25, 0.3) is 0 Å². The summed E-state index contributed by atoms with van der Waals surface area (Å²) in [6.45, 7) is 10.8. The number of hydrogen-bond donors (Lipinski definition) is 2.